The molecule has 0 radical (unpaired) electrons. The highest BCUT2D eigenvalue weighted by atomic mass is 19.1. The topological polar surface area (TPSA) is 47.6 Å². The molecule has 1 atom stereocenters. The van der Waals surface area contributed by atoms with Gasteiger partial charge in [0.2, 0.25) is 0 Å². The van der Waals surface area contributed by atoms with Crippen molar-refractivity contribution in [2.75, 3.05) is 13.7 Å². The zero-order valence-corrected chi connectivity index (χ0v) is 14.6. The quantitative estimate of drug-likeness (QED) is 0.822. The molecule has 1 unspecified atom stereocenters. The number of hydrogen-bond acceptors (Lipinski definition) is 3. The third kappa shape index (κ3) is 5.35. The molecule has 132 valence electrons. The van der Waals surface area contributed by atoms with Crippen LogP contribution in [0.5, 0.6) is 11.5 Å². The summed E-state index contributed by atoms with van der Waals surface area (Å²) < 4.78 is 24.1. The average molecular weight is 343 g/mol. The SMILES string of the molecule is C/C=C/c1ccc(OCC(=O)NC(C)c2cccc(F)c2)c(OC)c1. The monoisotopic (exact) mass is 343 g/mol. The lowest BCUT2D eigenvalue weighted by molar-refractivity contribution is -0.123. The third-order valence-electron chi connectivity index (χ3n) is 3.63. The molecular formula is C20H22FNO3. The van der Waals surface area contributed by atoms with Crippen molar-refractivity contribution >= 4 is 12.0 Å². The van der Waals surface area contributed by atoms with Crippen molar-refractivity contribution in [3.05, 3.63) is 65.5 Å². The molecule has 25 heavy (non-hydrogen) atoms. The van der Waals surface area contributed by atoms with Crippen LogP contribution in [0.1, 0.15) is 31.0 Å². The Balaban J connectivity index is 1.95. The molecule has 2 aromatic carbocycles. The number of nitrogens with one attached hydrogen (secondary N) is 1. The summed E-state index contributed by atoms with van der Waals surface area (Å²) in [5.41, 5.74) is 1.68. The maximum absolute atomic E-state index is 13.2. The van der Waals surface area contributed by atoms with Gasteiger partial charge in [-0.1, -0.05) is 30.4 Å². The van der Waals surface area contributed by atoms with Gasteiger partial charge in [0.1, 0.15) is 5.82 Å². The predicted molar refractivity (Wildman–Crippen MR) is 96.2 cm³/mol. The molecule has 2 rings (SSSR count). The van der Waals surface area contributed by atoms with Crippen molar-refractivity contribution in [3.63, 3.8) is 0 Å². The molecule has 1 amide bonds. The van der Waals surface area contributed by atoms with E-state index in [1.165, 1.54) is 12.1 Å². The Hall–Kier alpha value is -2.82. The van der Waals surface area contributed by atoms with Crippen LogP contribution in [-0.2, 0) is 4.79 Å². The maximum atomic E-state index is 13.2. The van der Waals surface area contributed by atoms with E-state index in [0.717, 1.165) is 5.56 Å². The number of carbonyl (C=O) groups is 1. The van der Waals surface area contributed by atoms with Crippen LogP contribution in [0.15, 0.2) is 48.5 Å². The van der Waals surface area contributed by atoms with Crippen molar-refractivity contribution in [1.82, 2.24) is 5.32 Å². The Kier molecular flexibility index (Phi) is 6.57. The largest absolute Gasteiger partial charge is 0.493 e. The van der Waals surface area contributed by atoms with Crippen LogP contribution in [0.3, 0.4) is 0 Å². The number of allylic oxidation sites excluding steroid dienone is 1. The summed E-state index contributed by atoms with van der Waals surface area (Å²) in [5, 5.41) is 2.78. The maximum Gasteiger partial charge on any atom is 0.258 e. The van der Waals surface area contributed by atoms with Crippen molar-refractivity contribution in [1.29, 1.82) is 0 Å². The zero-order chi connectivity index (χ0) is 18.2. The van der Waals surface area contributed by atoms with Gasteiger partial charge >= 0.3 is 0 Å². The molecule has 0 aliphatic rings. The van der Waals surface area contributed by atoms with Crippen LogP contribution < -0.4 is 14.8 Å². The van der Waals surface area contributed by atoms with Crippen LogP contribution in [0, 0.1) is 5.82 Å². The van der Waals surface area contributed by atoms with E-state index in [1.807, 2.05) is 31.2 Å². The fraction of sp³-hybridized carbons (Fsp3) is 0.250. The molecule has 0 fully saturated rings. The molecule has 0 saturated heterocycles. The van der Waals surface area contributed by atoms with E-state index in [9.17, 15) is 9.18 Å². The van der Waals surface area contributed by atoms with Gasteiger partial charge in [-0.25, -0.2) is 4.39 Å². The van der Waals surface area contributed by atoms with Gasteiger partial charge in [-0.2, -0.15) is 0 Å². The van der Waals surface area contributed by atoms with Crippen LogP contribution in [0.2, 0.25) is 0 Å². The van der Waals surface area contributed by atoms with Gasteiger partial charge in [0.25, 0.3) is 5.91 Å². The lowest BCUT2D eigenvalue weighted by Gasteiger charge is -2.15. The molecule has 5 heteroatoms. The molecular weight excluding hydrogens is 321 g/mol. The van der Waals surface area contributed by atoms with E-state index in [4.69, 9.17) is 9.47 Å². The lowest BCUT2D eigenvalue weighted by Crippen LogP contribution is -2.31. The van der Waals surface area contributed by atoms with E-state index in [0.29, 0.717) is 17.1 Å². The summed E-state index contributed by atoms with van der Waals surface area (Å²) in [6.07, 6.45) is 3.87. The molecule has 1 N–H and O–H groups in total. The minimum absolute atomic E-state index is 0.154. The second kappa shape index (κ2) is 8.87. The zero-order valence-electron chi connectivity index (χ0n) is 14.6. The number of benzene rings is 2. The Bertz CT molecular complexity index is 758. The molecule has 0 aliphatic carbocycles. The minimum Gasteiger partial charge on any atom is -0.493 e. The molecule has 0 bridgehead atoms. The normalized spacial score (nSPS) is 12.0. The second-order valence-electron chi connectivity index (χ2n) is 5.54. The number of hydrogen-bond donors (Lipinski definition) is 1. The number of amides is 1. The first kappa shape index (κ1) is 18.5. The highest BCUT2D eigenvalue weighted by Gasteiger charge is 2.12. The van der Waals surface area contributed by atoms with Gasteiger partial charge in [0.05, 0.1) is 13.2 Å². The number of halogens is 1. The molecule has 0 aliphatic heterocycles. The highest BCUT2D eigenvalue weighted by Crippen LogP contribution is 2.28. The standard InChI is InChI=1S/C20H22FNO3/c1-4-6-15-9-10-18(19(11-15)24-3)25-13-20(23)22-14(2)16-7-5-8-17(21)12-16/h4-12,14H,13H2,1-3H3,(H,22,23)/b6-4+. The summed E-state index contributed by atoms with van der Waals surface area (Å²) in [4.78, 5) is 12.1. The number of carbonyl (C=O) groups excluding carboxylic acids is 1. The first-order chi connectivity index (χ1) is 12.0. The van der Waals surface area contributed by atoms with E-state index >= 15 is 0 Å². The average Bonchev–Trinajstić information content (AvgIpc) is 2.60. The van der Waals surface area contributed by atoms with Gasteiger partial charge in [-0.3, -0.25) is 4.79 Å². The second-order valence-corrected chi connectivity index (χ2v) is 5.54. The van der Waals surface area contributed by atoms with Crippen LogP contribution in [-0.4, -0.2) is 19.6 Å². The molecule has 0 aromatic heterocycles. The Morgan fingerprint density at radius 3 is 2.72 bits per heavy atom. The van der Waals surface area contributed by atoms with E-state index in [1.54, 1.807) is 32.2 Å². The summed E-state index contributed by atoms with van der Waals surface area (Å²) in [6.45, 7) is 3.57. The smallest absolute Gasteiger partial charge is 0.258 e. The van der Waals surface area contributed by atoms with Crippen molar-refractivity contribution in [3.8, 4) is 11.5 Å². The van der Waals surface area contributed by atoms with Gasteiger partial charge in [-0.15, -0.1) is 0 Å². The molecule has 4 nitrogen and oxygen atoms in total. The number of ether oxygens (including phenoxy) is 2. The third-order valence-corrected chi connectivity index (χ3v) is 3.63. The highest BCUT2D eigenvalue weighted by molar-refractivity contribution is 5.78. The van der Waals surface area contributed by atoms with E-state index < -0.39 is 0 Å². The van der Waals surface area contributed by atoms with E-state index in [-0.39, 0.29) is 24.4 Å². The summed E-state index contributed by atoms with van der Waals surface area (Å²) in [5.74, 6) is 0.419. The lowest BCUT2D eigenvalue weighted by atomic mass is 10.1. The first-order valence-electron chi connectivity index (χ1n) is 8.02. The fourth-order valence-electron chi connectivity index (χ4n) is 2.39. The number of rotatable bonds is 7. The van der Waals surface area contributed by atoms with Crippen molar-refractivity contribution < 1.29 is 18.7 Å². The molecule has 0 heterocycles. The molecule has 2 aromatic rings. The van der Waals surface area contributed by atoms with Crippen molar-refractivity contribution in [2.24, 2.45) is 0 Å². The van der Waals surface area contributed by atoms with Gasteiger partial charge in [0.15, 0.2) is 18.1 Å². The Morgan fingerprint density at radius 2 is 2.04 bits per heavy atom. The van der Waals surface area contributed by atoms with Gasteiger partial charge in [-0.05, 0) is 49.2 Å². The van der Waals surface area contributed by atoms with Crippen LogP contribution >= 0.6 is 0 Å². The fourth-order valence-corrected chi connectivity index (χ4v) is 2.39. The molecule has 0 spiro atoms. The number of methoxy groups -OCH3 is 1. The Morgan fingerprint density at radius 1 is 1.24 bits per heavy atom. The summed E-state index contributed by atoms with van der Waals surface area (Å²) >= 11 is 0. The van der Waals surface area contributed by atoms with Crippen LogP contribution in [0.4, 0.5) is 4.39 Å². The van der Waals surface area contributed by atoms with Gasteiger partial charge < -0.3 is 14.8 Å². The summed E-state index contributed by atoms with van der Waals surface area (Å²) in [7, 11) is 1.55. The van der Waals surface area contributed by atoms with E-state index in [2.05, 4.69) is 5.32 Å². The first-order valence-corrected chi connectivity index (χ1v) is 8.02. The Labute approximate surface area is 147 Å². The molecule has 0 saturated carbocycles. The van der Waals surface area contributed by atoms with Crippen LogP contribution in [0.25, 0.3) is 6.08 Å². The minimum atomic E-state index is -0.333. The van der Waals surface area contributed by atoms with Gasteiger partial charge in [0, 0.05) is 0 Å². The summed E-state index contributed by atoms with van der Waals surface area (Å²) in [6, 6.07) is 11.3. The van der Waals surface area contributed by atoms with Crippen molar-refractivity contribution in [2.45, 2.75) is 19.9 Å². The predicted octanol–water partition coefficient (Wildman–Crippen LogP) is 4.12.